The smallest absolute Gasteiger partial charge is 0.311 e. The number of aromatic nitrogens is 2. The molecule has 0 bridgehead atoms. The summed E-state index contributed by atoms with van der Waals surface area (Å²) in [5.74, 6) is 0.969. The number of anilines is 1. The summed E-state index contributed by atoms with van der Waals surface area (Å²) in [6.45, 7) is 0. The third kappa shape index (κ3) is 4.75. The van der Waals surface area contributed by atoms with Gasteiger partial charge in [0.15, 0.2) is 5.75 Å². The molecular formula is C19H17N5O5. The van der Waals surface area contributed by atoms with E-state index in [0.29, 0.717) is 17.0 Å². The van der Waals surface area contributed by atoms with Crippen LogP contribution >= 0.6 is 0 Å². The largest absolute Gasteiger partial charge is 0.497 e. The molecule has 0 aliphatic rings. The normalized spacial score (nSPS) is 10.7. The Morgan fingerprint density at radius 1 is 1.14 bits per heavy atom. The Kier molecular flexibility index (Phi) is 5.83. The van der Waals surface area contributed by atoms with E-state index in [-0.39, 0.29) is 22.9 Å². The molecule has 0 atom stereocenters. The van der Waals surface area contributed by atoms with Gasteiger partial charge in [0.05, 0.1) is 31.1 Å². The van der Waals surface area contributed by atoms with Gasteiger partial charge in [-0.25, -0.2) is 10.4 Å². The molecule has 2 aromatic carbocycles. The highest BCUT2D eigenvalue weighted by Gasteiger charge is 2.14. The molecular weight excluding hydrogens is 378 g/mol. The summed E-state index contributed by atoms with van der Waals surface area (Å²) >= 11 is 0. The Morgan fingerprint density at radius 3 is 2.55 bits per heavy atom. The monoisotopic (exact) mass is 395 g/mol. The molecule has 0 saturated carbocycles. The highest BCUT2D eigenvalue weighted by atomic mass is 16.6. The molecule has 3 aromatic rings. The van der Waals surface area contributed by atoms with Gasteiger partial charge in [0.1, 0.15) is 5.75 Å². The lowest BCUT2D eigenvalue weighted by atomic mass is 10.1. The van der Waals surface area contributed by atoms with Crippen molar-refractivity contribution in [2.24, 2.45) is 5.10 Å². The van der Waals surface area contributed by atoms with Crippen LogP contribution in [0.15, 0.2) is 58.4 Å². The van der Waals surface area contributed by atoms with Gasteiger partial charge in [-0.2, -0.15) is 5.10 Å². The van der Waals surface area contributed by atoms with E-state index >= 15 is 0 Å². The van der Waals surface area contributed by atoms with E-state index < -0.39 is 4.92 Å². The lowest BCUT2D eigenvalue weighted by Gasteiger charge is -2.05. The topological polar surface area (TPSA) is 132 Å². The molecule has 10 nitrogen and oxygen atoms in total. The lowest BCUT2D eigenvalue weighted by molar-refractivity contribution is -0.385. The fraction of sp³-hybridized carbons (Fsp3) is 0.105. The van der Waals surface area contributed by atoms with Crippen LogP contribution in [0.2, 0.25) is 0 Å². The number of hydrogen-bond donors (Lipinski definition) is 2. The van der Waals surface area contributed by atoms with E-state index in [9.17, 15) is 14.9 Å². The molecule has 3 rings (SSSR count). The number of benzene rings is 2. The van der Waals surface area contributed by atoms with E-state index in [2.05, 4.69) is 20.5 Å². The van der Waals surface area contributed by atoms with Crippen LogP contribution in [0.4, 0.5) is 11.6 Å². The highest BCUT2D eigenvalue weighted by molar-refractivity contribution is 5.82. The van der Waals surface area contributed by atoms with Gasteiger partial charge in [-0.1, -0.05) is 0 Å². The molecule has 0 amide bonds. The molecule has 0 spiro atoms. The first-order chi connectivity index (χ1) is 14.0. The summed E-state index contributed by atoms with van der Waals surface area (Å²) in [5.41, 5.74) is 3.74. The Hall–Kier alpha value is -4.21. The zero-order chi connectivity index (χ0) is 20.8. The summed E-state index contributed by atoms with van der Waals surface area (Å²) in [7, 11) is 2.92. The van der Waals surface area contributed by atoms with Crippen molar-refractivity contribution >= 4 is 17.9 Å². The number of aromatic amines is 1. The number of methoxy groups -OCH3 is 2. The maximum Gasteiger partial charge on any atom is 0.311 e. The van der Waals surface area contributed by atoms with Crippen LogP contribution in [0, 0.1) is 10.1 Å². The van der Waals surface area contributed by atoms with Crippen LogP contribution < -0.4 is 20.5 Å². The number of nitrogens with zero attached hydrogens (tertiary/aromatic N) is 3. The van der Waals surface area contributed by atoms with E-state index in [1.807, 2.05) is 0 Å². The van der Waals surface area contributed by atoms with E-state index in [1.165, 1.54) is 31.5 Å². The molecule has 148 valence electrons. The van der Waals surface area contributed by atoms with Gasteiger partial charge in [-0.15, -0.1) is 0 Å². The minimum absolute atomic E-state index is 0.127. The molecule has 0 radical (unpaired) electrons. The van der Waals surface area contributed by atoms with Crippen molar-refractivity contribution in [1.82, 2.24) is 9.97 Å². The first kappa shape index (κ1) is 19.5. The molecule has 0 aliphatic heterocycles. The van der Waals surface area contributed by atoms with Crippen molar-refractivity contribution in [3.05, 3.63) is 74.6 Å². The van der Waals surface area contributed by atoms with Crippen molar-refractivity contribution in [1.29, 1.82) is 0 Å². The Bertz CT molecular complexity index is 1110. The van der Waals surface area contributed by atoms with Crippen molar-refractivity contribution in [2.75, 3.05) is 19.6 Å². The molecule has 0 unspecified atom stereocenters. The number of hydrogen-bond acceptors (Lipinski definition) is 8. The Labute approximate surface area is 165 Å². The number of nitro benzene ring substituents is 1. The summed E-state index contributed by atoms with van der Waals surface area (Å²) in [6, 6.07) is 12.9. The molecule has 0 fully saturated rings. The first-order valence-corrected chi connectivity index (χ1v) is 8.37. The van der Waals surface area contributed by atoms with Crippen molar-refractivity contribution < 1.29 is 14.4 Å². The summed E-state index contributed by atoms with van der Waals surface area (Å²) in [5, 5.41) is 15.1. The minimum Gasteiger partial charge on any atom is -0.497 e. The SMILES string of the molecule is COc1ccc(-c2cc(=O)[nH]c(N/N=C\c3ccc(OC)c([N+](=O)[O-])c3)n2)cc1. The fourth-order valence-corrected chi connectivity index (χ4v) is 2.52. The molecule has 10 heteroatoms. The maximum absolute atomic E-state index is 11.9. The zero-order valence-corrected chi connectivity index (χ0v) is 15.6. The summed E-state index contributed by atoms with van der Waals surface area (Å²) in [4.78, 5) is 29.3. The van der Waals surface area contributed by atoms with Crippen LogP contribution in [0.25, 0.3) is 11.3 Å². The van der Waals surface area contributed by atoms with Gasteiger partial charge in [-0.05, 0) is 36.4 Å². The zero-order valence-electron chi connectivity index (χ0n) is 15.6. The molecule has 1 heterocycles. The van der Waals surface area contributed by atoms with Gasteiger partial charge < -0.3 is 9.47 Å². The van der Waals surface area contributed by atoms with Gasteiger partial charge in [0, 0.05) is 23.3 Å². The van der Waals surface area contributed by atoms with Gasteiger partial charge in [0.2, 0.25) is 5.95 Å². The van der Waals surface area contributed by atoms with Crippen LogP contribution in [0.5, 0.6) is 11.5 Å². The number of hydrazone groups is 1. The molecule has 29 heavy (non-hydrogen) atoms. The molecule has 1 aromatic heterocycles. The van der Waals surface area contributed by atoms with Crippen molar-refractivity contribution in [3.63, 3.8) is 0 Å². The number of nitro groups is 1. The first-order valence-electron chi connectivity index (χ1n) is 8.37. The molecule has 0 saturated heterocycles. The van der Waals surface area contributed by atoms with Gasteiger partial charge in [0.25, 0.3) is 5.56 Å². The van der Waals surface area contributed by atoms with E-state index in [4.69, 9.17) is 9.47 Å². The minimum atomic E-state index is -0.541. The van der Waals surface area contributed by atoms with Crippen LogP contribution in [-0.2, 0) is 0 Å². The van der Waals surface area contributed by atoms with Crippen molar-refractivity contribution in [3.8, 4) is 22.8 Å². The quantitative estimate of drug-likeness (QED) is 0.357. The van der Waals surface area contributed by atoms with E-state index in [0.717, 1.165) is 5.56 Å². The summed E-state index contributed by atoms with van der Waals surface area (Å²) in [6.07, 6.45) is 1.37. The number of nitrogens with one attached hydrogen (secondary N) is 2. The number of H-pyrrole nitrogens is 1. The average molecular weight is 395 g/mol. The maximum atomic E-state index is 11.9. The third-order valence-corrected chi connectivity index (χ3v) is 3.91. The fourth-order valence-electron chi connectivity index (χ4n) is 2.52. The Morgan fingerprint density at radius 2 is 1.90 bits per heavy atom. The summed E-state index contributed by atoms with van der Waals surface area (Å²) < 4.78 is 10.1. The number of rotatable bonds is 7. The second kappa shape index (κ2) is 8.65. The van der Waals surface area contributed by atoms with Crippen LogP contribution in [0.1, 0.15) is 5.56 Å². The van der Waals surface area contributed by atoms with Crippen molar-refractivity contribution in [2.45, 2.75) is 0 Å². The second-order valence-electron chi connectivity index (χ2n) is 5.77. The standard InChI is InChI=1S/C19H17N5O5/c1-28-14-6-4-13(5-7-14)15-10-18(25)22-19(21-15)23-20-11-12-3-8-17(29-2)16(9-12)24(26)27/h3-11H,1-2H3,(H2,21,22,23,25)/b20-11-. The van der Waals surface area contributed by atoms with Gasteiger partial charge in [-0.3, -0.25) is 19.9 Å². The number of ether oxygens (including phenoxy) is 2. The van der Waals surface area contributed by atoms with Crippen LogP contribution in [0.3, 0.4) is 0 Å². The predicted molar refractivity (Wildman–Crippen MR) is 108 cm³/mol. The average Bonchev–Trinajstić information content (AvgIpc) is 2.73. The highest BCUT2D eigenvalue weighted by Crippen LogP contribution is 2.27. The molecule has 2 N–H and O–H groups in total. The predicted octanol–water partition coefficient (Wildman–Crippen LogP) is 2.81. The third-order valence-electron chi connectivity index (χ3n) is 3.91. The second-order valence-corrected chi connectivity index (χ2v) is 5.77. The Balaban J connectivity index is 1.80. The van der Waals surface area contributed by atoms with Crippen LogP contribution in [-0.4, -0.2) is 35.3 Å². The lowest BCUT2D eigenvalue weighted by Crippen LogP contribution is -2.10. The molecule has 0 aliphatic carbocycles. The van der Waals surface area contributed by atoms with Gasteiger partial charge >= 0.3 is 5.69 Å². The van der Waals surface area contributed by atoms with E-state index in [1.54, 1.807) is 37.4 Å².